The van der Waals surface area contributed by atoms with Crippen LogP contribution in [-0.4, -0.2) is 18.1 Å². The standard InChI is InChI=1S/C16H18ClNO3S/c1-9(2)11-6-14(10(3)5-12(11)17)21-16(19)13-8-22-15(18-13)7-20-4/h5-6,8-9H,7H2,1-4H3. The normalized spacial score (nSPS) is 11.0. The zero-order chi connectivity index (χ0) is 16.3. The molecule has 0 aliphatic heterocycles. The molecule has 2 rings (SSSR count). The summed E-state index contributed by atoms with van der Waals surface area (Å²) in [6, 6.07) is 3.64. The summed E-state index contributed by atoms with van der Waals surface area (Å²) >= 11 is 7.59. The van der Waals surface area contributed by atoms with E-state index in [1.165, 1.54) is 11.3 Å². The lowest BCUT2D eigenvalue weighted by atomic mass is 10.0. The number of esters is 1. The Morgan fingerprint density at radius 2 is 2.14 bits per heavy atom. The van der Waals surface area contributed by atoms with Gasteiger partial charge in [0.1, 0.15) is 10.8 Å². The number of carbonyl (C=O) groups is 1. The first-order valence-corrected chi connectivity index (χ1v) is 8.13. The van der Waals surface area contributed by atoms with E-state index in [9.17, 15) is 4.79 Å². The zero-order valence-electron chi connectivity index (χ0n) is 13.0. The number of aryl methyl sites for hydroxylation is 1. The average molecular weight is 340 g/mol. The van der Waals surface area contributed by atoms with Crippen molar-refractivity contribution in [2.24, 2.45) is 0 Å². The molecule has 4 nitrogen and oxygen atoms in total. The molecule has 2 aromatic rings. The van der Waals surface area contributed by atoms with Crippen molar-refractivity contribution in [1.29, 1.82) is 0 Å². The zero-order valence-corrected chi connectivity index (χ0v) is 14.5. The summed E-state index contributed by atoms with van der Waals surface area (Å²) < 4.78 is 10.5. The lowest BCUT2D eigenvalue weighted by Gasteiger charge is -2.13. The van der Waals surface area contributed by atoms with Gasteiger partial charge in [-0.05, 0) is 36.1 Å². The van der Waals surface area contributed by atoms with Gasteiger partial charge in [0.2, 0.25) is 0 Å². The van der Waals surface area contributed by atoms with Crippen molar-refractivity contribution in [3.05, 3.63) is 44.4 Å². The van der Waals surface area contributed by atoms with Crippen LogP contribution in [0.3, 0.4) is 0 Å². The van der Waals surface area contributed by atoms with Gasteiger partial charge in [0, 0.05) is 17.5 Å². The molecule has 0 spiro atoms. The van der Waals surface area contributed by atoms with Crippen molar-refractivity contribution in [2.75, 3.05) is 7.11 Å². The molecule has 6 heteroatoms. The van der Waals surface area contributed by atoms with Crippen LogP contribution in [0.5, 0.6) is 5.75 Å². The third-order valence-electron chi connectivity index (χ3n) is 3.15. The molecule has 0 amide bonds. The van der Waals surface area contributed by atoms with E-state index in [0.29, 0.717) is 17.4 Å². The number of ether oxygens (including phenoxy) is 2. The van der Waals surface area contributed by atoms with Crippen LogP contribution in [0, 0.1) is 6.92 Å². The lowest BCUT2D eigenvalue weighted by Crippen LogP contribution is -2.10. The molecule has 1 aromatic carbocycles. The van der Waals surface area contributed by atoms with Crippen LogP contribution >= 0.6 is 22.9 Å². The summed E-state index contributed by atoms with van der Waals surface area (Å²) in [7, 11) is 1.59. The monoisotopic (exact) mass is 339 g/mol. The molecule has 0 radical (unpaired) electrons. The number of rotatable bonds is 5. The van der Waals surface area contributed by atoms with E-state index in [0.717, 1.165) is 16.1 Å². The Bertz CT molecular complexity index is 682. The quantitative estimate of drug-likeness (QED) is 0.590. The molecule has 0 N–H and O–H groups in total. The van der Waals surface area contributed by atoms with Gasteiger partial charge in [-0.3, -0.25) is 0 Å². The SMILES string of the molecule is COCc1nc(C(=O)Oc2cc(C(C)C)c(Cl)cc2C)cs1. The highest BCUT2D eigenvalue weighted by Gasteiger charge is 2.16. The first-order valence-electron chi connectivity index (χ1n) is 6.88. The van der Waals surface area contributed by atoms with Gasteiger partial charge in [-0.15, -0.1) is 11.3 Å². The summed E-state index contributed by atoms with van der Waals surface area (Å²) in [5.74, 6) is 0.288. The predicted octanol–water partition coefficient (Wildman–Crippen LogP) is 4.59. The number of methoxy groups -OCH3 is 1. The Hall–Kier alpha value is -1.43. The molecule has 118 valence electrons. The molecule has 0 aliphatic rings. The third-order valence-corrected chi connectivity index (χ3v) is 4.30. The van der Waals surface area contributed by atoms with Crippen LogP contribution in [0.2, 0.25) is 5.02 Å². The number of hydrogen-bond acceptors (Lipinski definition) is 5. The molecular weight excluding hydrogens is 322 g/mol. The first kappa shape index (κ1) is 16.9. The van der Waals surface area contributed by atoms with E-state index in [4.69, 9.17) is 21.1 Å². The third kappa shape index (κ3) is 3.85. The summed E-state index contributed by atoms with van der Waals surface area (Å²) in [6.45, 7) is 6.32. The summed E-state index contributed by atoms with van der Waals surface area (Å²) in [6.07, 6.45) is 0. The molecule has 0 unspecified atom stereocenters. The van der Waals surface area contributed by atoms with E-state index in [-0.39, 0.29) is 11.6 Å². The minimum Gasteiger partial charge on any atom is -0.421 e. The van der Waals surface area contributed by atoms with Crippen molar-refractivity contribution in [3.63, 3.8) is 0 Å². The second-order valence-corrected chi connectivity index (χ2v) is 6.59. The fourth-order valence-electron chi connectivity index (χ4n) is 1.97. The maximum Gasteiger partial charge on any atom is 0.363 e. The summed E-state index contributed by atoms with van der Waals surface area (Å²) in [5, 5.41) is 3.10. The van der Waals surface area contributed by atoms with Crippen LogP contribution in [0.4, 0.5) is 0 Å². The number of nitrogens with zero attached hydrogens (tertiary/aromatic N) is 1. The van der Waals surface area contributed by atoms with E-state index in [1.54, 1.807) is 12.5 Å². The number of hydrogen-bond donors (Lipinski definition) is 0. The van der Waals surface area contributed by atoms with Crippen molar-refractivity contribution in [1.82, 2.24) is 4.98 Å². The van der Waals surface area contributed by atoms with Crippen LogP contribution in [0.15, 0.2) is 17.5 Å². The van der Waals surface area contributed by atoms with Gasteiger partial charge in [-0.1, -0.05) is 25.4 Å². The summed E-state index contributed by atoms with van der Waals surface area (Å²) in [5.41, 5.74) is 2.06. The van der Waals surface area contributed by atoms with Gasteiger partial charge in [-0.2, -0.15) is 0 Å². The number of aromatic nitrogens is 1. The Kier molecular flexibility index (Phi) is 5.56. The topological polar surface area (TPSA) is 48.4 Å². The number of thiazole rings is 1. The van der Waals surface area contributed by atoms with Gasteiger partial charge in [-0.25, -0.2) is 9.78 Å². The predicted molar refractivity (Wildman–Crippen MR) is 88.1 cm³/mol. The number of benzene rings is 1. The van der Waals surface area contributed by atoms with E-state index >= 15 is 0 Å². The van der Waals surface area contributed by atoms with Crippen molar-refractivity contribution in [2.45, 2.75) is 33.3 Å². The molecule has 1 aromatic heterocycles. The van der Waals surface area contributed by atoms with Crippen molar-refractivity contribution >= 4 is 28.9 Å². The van der Waals surface area contributed by atoms with Gasteiger partial charge in [0.15, 0.2) is 5.69 Å². The van der Waals surface area contributed by atoms with Crippen molar-refractivity contribution < 1.29 is 14.3 Å². The largest absolute Gasteiger partial charge is 0.421 e. The Morgan fingerprint density at radius 3 is 2.77 bits per heavy atom. The minimum absolute atomic E-state index is 0.248. The van der Waals surface area contributed by atoms with E-state index in [2.05, 4.69) is 4.98 Å². The maximum absolute atomic E-state index is 12.2. The van der Waals surface area contributed by atoms with Crippen LogP contribution < -0.4 is 4.74 Å². The van der Waals surface area contributed by atoms with Crippen LogP contribution in [0.1, 0.15) is 46.4 Å². The Balaban J connectivity index is 2.22. The maximum atomic E-state index is 12.2. The van der Waals surface area contributed by atoms with Gasteiger partial charge in [0.25, 0.3) is 0 Å². The number of carbonyl (C=O) groups excluding carboxylic acids is 1. The molecule has 0 atom stereocenters. The first-order chi connectivity index (χ1) is 10.4. The van der Waals surface area contributed by atoms with Crippen LogP contribution in [-0.2, 0) is 11.3 Å². The average Bonchev–Trinajstić information content (AvgIpc) is 2.90. The van der Waals surface area contributed by atoms with Gasteiger partial charge in [0.05, 0.1) is 6.61 Å². The fraction of sp³-hybridized carbons (Fsp3) is 0.375. The van der Waals surface area contributed by atoms with Gasteiger partial charge >= 0.3 is 5.97 Å². The Labute approximate surface area is 139 Å². The van der Waals surface area contributed by atoms with E-state index in [1.807, 2.05) is 32.9 Å². The molecule has 22 heavy (non-hydrogen) atoms. The molecule has 0 fully saturated rings. The Morgan fingerprint density at radius 1 is 1.41 bits per heavy atom. The molecule has 1 heterocycles. The summed E-state index contributed by atoms with van der Waals surface area (Å²) in [4.78, 5) is 16.4. The molecule has 0 aliphatic carbocycles. The van der Waals surface area contributed by atoms with E-state index < -0.39 is 5.97 Å². The second-order valence-electron chi connectivity index (χ2n) is 5.24. The highest BCUT2D eigenvalue weighted by molar-refractivity contribution is 7.09. The molecule has 0 bridgehead atoms. The highest BCUT2D eigenvalue weighted by atomic mass is 35.5. The minimum atomic E-state index is -0.473. The van der Waals surface area contributed by atoms with Crippen LogP contribution in [0.25, 0.3) is 0 Å². The fourth-order valence-corrected chi connectivity index (χ4v) is 3.14. The molecule has 0 saturated carbocycles. The van der Waals surface area contributed by atoms with Gasteiger partial charge < -0.3 is 9.47 Å². The second kappa shape index (κ2) is 7.22. The molecule has 0 saturated heterocycles. The smallest absolute Gasteiger partial charge is 0.363 e. The molecular formula is C16H18ClNO3S. The lowest BCUT2D eigenvalue weighted by molar-refractivity contribution is 0.0727. The number of halogens is 1. The van der Waals surface area contributed by atoms with Crippen molar-refractivity contribution in [3.8, 4) is 5.75 Å². The highest BCUT2D eigenvalue weighted by Crippen LogP contribution is 2.31.